The Labute approximate surface area is 442 Å². The summed E-state index contributed by atoms with van der Waals surface area (Å²) in [7, 11) is 1.18. The van der Waals surface area contributed by atoms with Gasteiger partial charge in [0.25, 0.3) is 5.91 Å². The molecule has 2 N–H and O–H groups in total. The van der Waals surface area contributed by atoms with Crippen LogP contribution in [0.25, 0.3) is 0 Å². The molecule has 4 aromatic carbocycles. The number of halogens is 4. The molecule has 1 fully saturated rings. The molecule has 0 saturated carbocycles. The molecule has 1 saturated heterocycles. The summed E-state index contributed by atoms with van der Waals surface area (Å²) in [5, 5.41) is 4.88. The van der Waals surface area contributed by atoms with Crippen LogP contribution in [0.15, 0.2) is 84.9 Å². The minimum atomic E-state index is -4.14. The molecule has 77 heavy (non-hydrogen) atoms. The molecule has 0 spiro atoms. The molecule has 0 unspecified atom stereocenters. The van der Waals surface area contributed by atoms with Gasteiger partial charge in [0.05, 0.1) is 30.1 Å². The number of piperidine rings is 1. The highest BCUT2D eigenvalue weighted by Crippen LogP contribution is 2.43. The molecular formula is C54H62F4N6O13. The van der Waals surface area contributed by atoms with E-state index >= 15 is 0 Å². The van der Waals surface area contributed by atoms with E-state index in [1.54, 1.807) is 86.0 Å². The van der Waals surface area contributed by atoms with Crippen LogP contribution in [0.4, 0.5) is 43.3 Å². The summed E-state index contributed by atoms with van der Waals surface area (Å²) in [6.07, 6.45) is -8.92. The molecule has 0 aliphatic carbocycles. The van der Waals surface area contributed by atoms with Crippen molar-refractivity contribution in [2.45, 2.75) is 104 Å². The van der Waals surface area contributed by atoms with Gasteiger partial charge in [-0.1, -0.05) is 60.7 Å². The van der Waals surface area contributed by atoms with Gasteiger partial charge in [-0.2, -0.15) is 17.6 Å². The van der Waals surface area contributed by atoms with Crippen molar-refractivity contribution in [1.29, 1.82) is 0 Å². The summed E-state index contributed by atoms with van der Waals surface area (Å²) < 4.78 is 87.2. The maximum Gasteiger partial charge on any atom is 0.482 e. The van der Waals surface area contributed by atoms with Crippen LogP contribution in [0.2, 0.25) is 0 Å². The van der Waals surface area contributed by atoms with Crippen LogP contribution in [0.5, 0.6) is 11.5 Å². The Morgan fingerprint density at radius 2 is 1.18 bits per heavy atom. The van der Waals surface area contributed by atoms with Crippen LogP contribution in [0, 0.1) is 13.8 Å². The van der Waals surface area contributed by atoms with E-state index < -0.39 is 53.9 Å². The number of methoxy groups -OCH3 is 1. The van der Waals surface area contributed by atoms with Crippen LogP contribution in [0.3, 0.4) is 0 Å². The Hall–Kier alpha value is -8.11. The lowest BCUT2D eigenvalue weighted by Crippen LogP contribution is -2.55. The van der Waals surface area contributed by atoms with Gasteiger partial charge < -0.3 is 48.9 Å². The van der Waals surface area contributed by atoms with Crippen molar-refractivity contribution < 1.29 is 79.5 Å². The number of esters is 1. The smallest absolute Gasteiger partial charge is 0.465 e. The second-order valence-electron chi connectivity index (χ2n) is 19.4. The monoisotopic (exact) mass is 1080 g/mol. The van der Waals surface area contributed by atoms with E-state index in [1.807, 2.05) is 26.0 Å². The molecule has 3 heterocycles. The van der Waals surface area contributed by atoms with Gasteiger partial charge in [0.15, 0.2) is 11.5 Å². The number of carbonyl (C=O) groups excluding carboxylic acids is 7. The number of fused-ring (bicyclic) bond motifs is 2. The second-order valence-corrected chi connectivity index (χ2v) is 19.4. The average Bonchev–Trinajstić information content (AvgIpc) is 3.37. The van der Waals surface area contributed by atoms with Gasteiger partial charge in [-0.25, -0.2) is 19.2 Å². The largest absolute Gasteiger partial charge is 0.482 e. The van der Waals surface area contributed by atoms with E-state index in [1.165, 1.54) is 38.3 Å². The Morgan fingerprint density at radius 1 is 0.727 bits per heavy atom. The van der Waals surface area contributed by atoms with Gasteiger partial charge in [-0.05, 0) is 108 Å². The number of rotatable bonds is 14. The fraction of sp³-hybridized carbons (Fsp3) is 0.426. The number of aryl methyl sites for hydroxylation is 2. The number of carbonyl (C=O) groups is 7. The Kier molecular flexibility index (Phi) is 18.7. The first-order chi connectivity index (χ1) is 36.3. The predicted octanol–water partition coefficient (Wildman–Crippen LogP) is 8.52. The highest BCUT2D eigenvalue weighted by Gasteiger charge is 2.52. The van der Waals surface area contributed by atoms with Crippen LogP contribution in [-0.2, 0) is 41.8 Å². The third-order valence-corrected chi connectivity index (χ3v) is 12.2. The number of benzene rings is 4. The number of alkyl halides is 4. The Bertz CT molecular complexity index is 2810. The summed E-state index contributed by atoms with van der Waals surface area (Å²) in [6, 6.07) is 22.5. The molecule has 7 rings (SSSR count). The molecule has 0 bridgehead atoms. The zero-order valence-electron chi connectivity index (χ0n) is 43.9. The molecule has 0 radical (unpaired) electrons. The summed E-state index contributed by atoms with van der Waals surface area (Å²) in [5.41, 5.74) is 1.85. The predicted molar refractivity (Wildman–Crippen MR) is 271 cm³/mol. The number of alkyl carbamates (subject to hydrolysis) is 2. The van der Waals surface area contributed by atoms with Crippen molar-refractivity contribution in [1.82, 2.24) is 20.4 Å². The van der Waals surface area contributed by atoms with Gasteiger partial charge in [-0.15, -0.1) is 0 Å². The van der Waals surface area contributed by atoms with Crippen molar-refractivity contribution in [3.63, 3.8) is 0 Å². The van der Waals surface area contributed by atoms with Gasteiger partial charge in [0, 0.05) is 50.9 Å². The van der Waals surface area contributed by atoms with E-state index in [2.05, 4.69) is 20.1 Å². The number of nitrogens with zero attached hydrogens (tertiary/aromatic N) is 4. The topological polar surface area (TPSA) is 212 Å². The highest BCUT2D eigenvalue weighted by atomic mass is 19.3. The van der Waals surface area contributed by atoms with Gasteiger partial charge in [-0.3, -0.25) is 24.2 Å². The molecular weight excluding hydrogens is 1020 g/mol. The Morgan fingerprint density at radius 3 is 1.62 bits per heavy atom. The van der Waals surface area contributed by atoms with E-state index in [0.717, 1.165) is 20.9 Å². The first kappa shape index (κ1) is 58.2. The van der Waals surface area contributed by atoms with E-state index in [4.69, 9.17) is 18.9 Å². The third-order valence-electron chi connectivity index (χ3n) is 12.2. The highest BCUT2D eigenvalue weighted by molar-refractivity contribution is 6.05. The number of likely N-dealkylation sites (tertiary alicyclic amines) is 1. The summed E-state index contributed by atoms with van der Waals surface area (Å²) in [5.74, 6) is -4.83. The van der Waals surface area contributed by atoms with Crippen molar-refractivity contribution in [3.8, 4) is 11.5 Å². The molecule has 23 heteroatoms. The third kappa shape index (κ3) is 14.8. The first-order valence-electron chi connectivity index (χ1n) is 24.6. The molecule has 414 valence electrons. The van der Waals surface area contributed by atoms with Gasteiger partial charge >= 0.3 is 48.3 Å². The van der Waals surface area contributed by atoms with Crippen molar-refractivity contribution in [3.05, 3.63) is 118 Å². The standard InChI is InChI=1S/C33H42F2N4O7.C21H20F2N2O6/c1-21(2)39(24-13-10-15-37(19-24)31(43)46-32(4,5)6)28(40)25-18-26-27(17-22(25)3)45-33(34,35)29(41)38(26)16-14-36-30(42)44-20-23-11-8-7-9-12-23;1-13-10-17-16(11-15(13)18(26)29-2)25(19(27)21(22,23)31-17)9-8-24-20(28)30-12-14-6-4-3-5-7-14/h7-9,11-12,17-18,21,24H,10,13-16,19-20H2,1-6H3,(H,36,42);3-7,10-11H,8-9,12H2,1-2H3,(H,24,28)/t24-;/m1./s1. The number of anilines is 2. The Balaban J connectivity index is 0.000000269. The van der Waals surface area contributed by atoms with Crippen molar-refractivity contribution in [2.75, 3.05) is 56.2 Å². The van der Waals surface area contributed by atoms with Gasteiger partial charge in [0.1, 0.15) is 18.8 Å². The number of hydrogen-bond donors (Lipinski definition) is 2. The van der Waals surface area contributed by atoms with Crippen LogP contribution < -0.4 is 29.9 Å². The van der Waals surface area contributed by atoms with Crippen LogP contribution in [0.1, 0.15) is 90.4 Å². The van der Waals surface area contributed by atoms with Gasteiger partial charge in [0.2, 0.25) is 0 Å². The van der Waals surface area contributed by atoms with Crippen LogP contribution >= 0.6 is 0 Å². The lowest BCUT2D eigenvalue weighted by atomic mass is 9.98. The zero-order valence-corrected chi connectivity index (χ0v) is 43.9. The van der Waals surface area contributed by atoms with Crippen LogP contribution in [-0.4, -0.2) is 128 Å². The van der Waals surface area contributed by atoms with E-state index in [9.17, 15) is 51.1 Å². The lowest BCUT2D eigenvalue weighted by molar-refractivity contribution is -0.192. The number of ether oxygens (including phenoxy) is 6. The summed E-state index contributed by atoms with van der Waals surface area (Å²) in [6.45, 7) is 12.0. The summed E-state index contributed by atoms with van der Waals surface area (Å²) >= 11 is 0. The van der Waals surface area contributed by atoms with E-state index in [-0.39, 0.29) is 97.9 Å². The molecule has 1 atom stereocenters. The maximum atomic E-state index is 14.7. The summed E-state index contributed by atoms with van der Waals surface area (Å²) in [4.78, 5) is 92.8. The fourth-order valence-electron chi connectivity index (χ4n) is 8.55. The molecule has 4 aromatic rings. The zero-order chi connectivity index (χ0) is 56.4. The maximum absolute atomic E-state index is 14.7. The van der Waals surface area contributed by atoms with E-state index in [0.29, 0.717) is 30.5 Å². The minimum absolute atomic E-state index is 0.0116. The molecule has 6 amide bonds. The second kappa shape index (κ2) is 24.7. The number of nitrogens with one attached hydrogen (secondary N) is 2. The number of hydrogen-bond acceptors (Lipinski definition) is 13. The molecule has 0 aromatic heterocycles. The average molecular weight is 1080 g/mol. The first-order valence-corrected chi connectivity index (χ1v) is 24.6. The quantitative estimate of drug-likeness (QED) is 0.0690. The number of amides is 6. The fourth-order valence-corrected chi connectivity index (χ4v) is 8.55. The normalized spacial score (nSPS) is 16.3. The van der Waals surface area contributed by atoms with Crippen molar-refractivity contribution >= 4 is 53.3 Å². The molecule has 3 aliphatic rings. The SMILES string of the molecule is COC(=O)c1cc2c(cc1C)OC(F)(F)C(=O)N2CCNC(=O)OCc1ccccc1.Cc1cc2c(cc1C(=O)N(C(C)C)[C@@H]1CCCN(C(=O)OC(C)(C)C)C1)N(CCNC(=O)OCc1ccccc1)C(=O)C(F)(F)O2. The molecule has 3 aliphatic heterocycles. The van der Waals surface area contributed by atoms with Crippen molar-refractivity contribution in [2.24, 2.45) is 0 Å². The molecule has 19 nitrogen and oxygen atoms in total. The lowest BCUT2D eigenvalue weighted by Gasteiger charge is -2.42. The minimum Gasteiger partial charge on any atom is -0.465 e.